The zero-order chi connectivity index (χ0) is 38.4. The molecule has 0 N–H and O–H groups in total. The molecule has 0 unspecified atom stereocenters. The summed E-state index contributed by atoms with van der Waals surface area (Å²) in [6.07, 6.45) is 0. The van der Waals surface area contributed by atoms with E-state index in [1.165, 1.54) is 43.8 Å². The fraction of sp³-hybridized carbons (Fsp3) is 0. The van der Waals surface area contributed by atoms with Crippen LogP contribution in [-0.2, 0) is 0 Å². The zero-order valence-corrected chi connectivity index (χ0v) is 31.7. The highest BCUT2D eigenvalue weighted by Crippen LogP contribution is 2.47. The van der Waals surface area contributed by atoms with Crippen molar-refractivity contribution in [3.05, 3.63) is 224 Å². The quantitative estimate of drug-likeness (QED) is 0.151. The van der Waals surface area contributed by atoms with Gasteiger partial charge < -0.3 is 9.32 Å². The van der Waals surface area contributed by atoms with E-state index in [0.717, 1.165) is 61.3 Å². The summed E-state index contributed by atoms with van der Waals surface area (Å²) in [7, 11) is 0. The molecule has 1 heterocycles. The fourth-order valence-electron chi connectivity index (χ4n) is 8.74. The molecular weight excluding hydrogens is 703 g/mol. The number of furan rings is 1. The summed E-state index contributed by atoms with van der Waals surface area (Å²) in [5.74, 6) is 0. The first-order chi connectivity index (χ1) is 28.8. The number of para-hydroxylation sites is 2. The van der Waals surface area contributed by atoms with Gasteiger partial charge in [-0.15, -0.1) is 0 Å². The van der Waals surface area contributed by atoms with Crippen molar-refractivity contribution in [1.82, 2.24) is 0 Å². The lowest BCUT2D eigenvalue weighted by Gasteiger charge is -2.29. The summed E-state index contributed by atoms with van der Waals surface area (Å²) in [6.45, 7) is 0. The predicted octanol–water partition coefficient (Wildman–Crippen LogP) is 16.0. The number of hydrogen-bond donors (Lipinski definition) is 0. The standard InChI is InChI=1S/C56H37NO/c1-3-15-38(16-4-1)42-35-43(39-17-5-2-6-18-39)37-45(36-42)57(53-26-11-9-21-50(53)51-25-14-28-55-56(51)52-22-10-12-27-54(52)58-55)44-32-29-41(30-33-44)47-23-13-24-48-46-20-8-7-19-40(46)31-34-49(47)48/h1-37H. The molecule has 0 saturated carbocycles. The van der Waals surface area contributed by atoms with Crippen molar-refractivity contribution in [2.75, 3.05) is 4.90 Å². The summed E-state index contributed by atoms with van der Waals surface area (Å²) in [5.41, 5.74) is 14.3. The summed E-state index contributed by atoms with van der Waals surface area (Å²) in [6, 6.07) is 80.8. The molecule has 0 aliphatic rings. The maximum absolute atomic E-state index is 6.41. The molecular formula is C56H37NO. The minimum Gasteiger partial charge on any atom is -0.456 e. The van der Waals surface area contributed by atoms with Gasteiger partial charge in [-0.3, -0.25) is 0 Å². The Bertz CT molecular complexity index is 3210. The van der Waals surface area contributed by atoms with Gasteiger partial charge in [-0.25, -0.2) is 0 Å². The second-order valence-corrected chi connectivity index (χ2v) is 14.9. The van der Waals surface area contributed by atoms with Gasteiger partial charge in [0.05, 0.1) is 5.69 Å². The first-order valence-corrected chi connectivity index (χ1v) is 19.8. The highest BCUT2D eigenvalue weighted by Gasteiger charge is 2.22. The molecule has 0 spiro atoms. The molecule has 0 saturated heterocycles. The minimum absolute atomic E-state index is 0.879. The molecule has 0 radical (unpaired) electrons. The molecule has 0 aliphatic heterocycles. The molecule has 0 bridgehead atoms. The number of rotatable bonds is 7. The minimum atomic E-state index is 0.879. The van der Waals surface area contributed by atoms with Gasteiger partial charge in [0.1, 0.15) is 11.2 Å². The van der Waals surface area contributed by atoms with Crippen LogP contribution in [0, 0.1) is 0 Å². The van der Waals surface area contributed by atoms with Crippen molar-refractivity contribution in [1.29, 1.82) is 0 Å². The van der Waals surface area contributed by atoms with Crippen LogP contribution in [0.1, 0.15) is 0 Å². The van der Waals surface area contributed by atoms with Gasteiger partial charge in [0, 0.05) is 27.7 Å². The molecule has 1 aromatic heterocycles. The summed E-state index contributed by atoms with van der Waals surface area (Å²) in [4.78, 5) is 2.43. The van der Waals surface area contributed by atoms with Gasteiger partial charge in [-0.2, -0.15) is 0 Å². The van der Waals surface area contributed by atoms with E-state index in [1.54, 1.807) is 0 Å². The van der Waals surface area contributed by atoms with E-state index in [-0.39, 0.29) is 0 Å². The monoisotopic (exact) mass is 739 g/mol. The number of hydrogen-bond acceptors (Lipinski definition) is 2. The van der Waals surface area contributed by atoms with Crippen molar-refractivity contribution >= 4 is 60.5 Å². The third kappa shape index (κ3) is 5.82. The predicted molar refractivity (Wildman–Crippen MR) is 245 cm³/mol. The summed E-state index contributed by atoms with van der Waals surface area (Å²) in [5, 5.41) is 7.27. The number of benzene rings is 10. The Hall–Kier alpha value is -7.68. The van der Waals surface area contributed by atoms with Gasteiger partial charge in [0.15, 0.2) is 0 Å². The van der Waals surface area contributed by atoms with Crippen molar-refractivity contribution in [3.63, 3.8) is 0 Å². The molecule has 2 nitrogen and oxygen atoms in total. The Labute approximate surface area is 337 Å². The molecule has 0 aliphatic carbocycles. The van der Waals surface area contributed by atoms with Crippen LogP contribution in [0.4, 0.5) is 17.1 Å². The maximum Gasteiger partial charge on any atom is 0.136 e. The van der Waals surface area contributed by atoms with Crippen LogP contribution in [0.15, 0.2) is 229 Å². The lowest BCUT2D eigenvalue weighted by molar-refractivity contribution is 0.669. The molecule has 2 heteroatoms. The van der Waals surface area contributed by atoms with E-state index in [4.69, 9.17) is 4.42 Å². The van der Waals surface area contributed by atoms with Crippen LogP contribution >= 0.6 is 0 Å². The molecule has 11 rings (SSSR count). The number of anilines is 3. The molecule has 0 atom stereocenters. The largest absolute Gasteiger partial charge is 0.456 e. The van der Waals surface area contributed by atoms with Crippen LogP contribution in [0.3, 0.4) is 0 Å². The van der Waals surface area contributed by atoms with Gasteiger partial charge in [0.25, 0.3) is 0 Å². The maximum atomic E-state index is 6.41. The molecule has 0 amide bonds. The van der Waals surface area contributed by atoms with Gasteiger partial charge in [-0.05, 0) is 109 Å². The fourth-order valence-corrected chi connectivity index (χ4v) is 8.74. The van der Waals surface area contributed by atoms with Crippen LogP contribution in [0.5, 0.6) is 0 Å². The van der Waals surface area contributed by atoms with Crippen molar-refractivity contribution in [3.8, 4) is 44.5 Å². The highest BCUT2D eigenvalue weighted by atomic mass is 16.3. The van der Waals surface area contributed by atoms with E-state index in [2.05, 4.69) is 223 Å². The molecule has 0 fully saturated rings. The Morgan fingerprint density at radius 3 is 1.66 bits per heavy atom. The van der Waals surface area contributed by atoms with Crippen LogP contribution < -0.4 is 4.90 Å². The Balaban J connectivity index is 1.14. The van der Waals surface area contributed by atoms with E-state index in [9.17, 15) is 0 Å². The van der Waals surface area contributed by atoms with E-state index < -0.39 is 0 Å². The second kappa shape index (κ2) is 14.1. The molecule has 10 aromatic carbocycles. The highest BCUT2D eigenvalue weighted by molar-refractivity contribution is 6.14. The van der Waals surface area contributed by atoms with E-state index in [1.807, 2.05) is 6.07 Å². The Morgan fingerprint density at radius 2 is 0.879 bits per heavy atom. The zero-order valence-electron chi connectivity index (χ0n) is 31.7. The topological polar surface area (TPSA) is 16.4 Å². The summed E-state index contributed by atoms with van der Waals surface area (Å²) >= 11 is 0. The number of fused-ring (bicyclic) bond motifs is 6. The van der Waals surface area contributed by atoms with Crippen LogP contribution in [-0.4, -0.2) is 0 Å². The normalized spacial score (nSPS) is 11.4. The smallest absolute Gasteiger partial charge is 0.136 e. The van der Waals surface area contributed by atoms with Crippen LogP contribution in [0.25, 0.3) is 88.0 Å². The lowest BCUT2D eigenvalue weighted by atomic mass is 9.94. The third-order valence-corrected chi connectivity index (χ3v) is 11.5. The van der Waals surface area contributed by atoms with Gasteiger partial charge >= 0.3 is 0 Å². The lowest BCUT2D eigenvalue weighted by Crippen LogP contribution is -2.11. The van der Waals surface area contributed by atoms with E-state index >= 15 is 0 Å². The first-order valence-electron chi connectivity index (χ1n) is 19.8. The Morgan fingerprint density at radius 1 is 0.293 bits per heavy atom. The van der Waals surface area contributed by atoms with Gasteiger partial charge in [0.2, 0.25) is 0 Å². The van der Waals surface area contributed by atoms with Crippen molar-refractivity contribution < 1.29 is 4.42 Å². The molecule has 272 valence electrons. The number of nitrogens with zero attached hydrogens (tertiary/aromatic N) is 1. The third-order valence-electron chi connectivity index (χ3n) is 11.5. The van der Waals surface area contributed by atoms with Crippen molar-refractivity contribution in [2.24, 2.45) is 0 Å². The molecule has 58 heavy (non-hydrogen) atoms. The van der Waals surface area contributed by atoms with E-state index in [0.29, 0.717) is 0 Å². The van der Waals surface area contributed by atoms with Crippen LogP contribution in [0.2, 0.25) is 0 Å². The second-order valence-electron chi connectivity index (χ2n) is 14.9. The van der Waals surface area contributed by atoms with Gasteiger partial charge in [-0.1, -0.05) is 176 Å². The Kier molecular flexibility index (Phi) is 8.19. The average Bonchev–Trinajstić information content (AvgIpc) is 3.69. The SMILES string of the molecule is c1ccc(-c2cc(-c3ccccc3)cc(N(c3ccc(-c4cccc5c4ccc4ccccc45)cc3)c3ccccc3-c3cccc4oc5ccccc5c34)c2)cc1. The summed E-state index contributed by atoms with van der Waals surface area (Å²) < 4.78 is 6.41. The van der Waals surface area contributed by atoms with Crippen molar-refractivity contribution in [2.45, 2.75) is 0 Å². The molecule has 11 aromatic rings. The first kappa shape index (κ1) is 33.6. The average molecular weight is 740 g/mol.